The van der Waals surface area contributed by atoms with Crippen LogP contribution in [-0.4, -0.2) is 27.3 Å². The van der Waals surface area contributed by atoms with Gasteiger partial charge in [0.1, 0.15) is 0 Å². The largest absolute Gasteiger partial charge is 0.353 e. The zero-order chi connectivity index (χ0) is 22.1. The molecule has 31 heavy (non-hydrogen) atoms. The van der Waals surface area contributed by atoms with E-state index in [1.165, 1.54) is 37.4 Å². The second-order valence-corrected chi connectivity index (χ2v) is 11.1. The van der Waals surface area contributed by atoms with Crippen LogP contribution in [0.15, 0.2) is 28.2 Å². The molecule has 4 atom stereocenters. The second-order valence-electron chi connectivity index (χ2n) is 9.68. The summed E-state index contributed by atoms with van der Waals surface area (Å²) in [7, 11) is 0. The van der Waals surface area contributed by atoms with Gasteiger partial charge in [0, 0.05) is 17.6 Å². The molecular formula is C24H32ClN3O2S. The monoisotopic (exact) mass is 461 g/mol. The van der Waals surface area contributed by atoms with Gasteiger partial charge >= 0.3 is 0 Å². The van der Waals surface area contributed by atoms with Crippen molar-refractivity contribution in [1.82, 2.24) is 14.9 Å². The lowest BCUT2D eigenvalue weighted by Crippen LogP contribution is -2.41. The highest BCUT2D eigenvalue weighted by Crippen LogP contribution is 2.49. The van der Waals surface area contributed by atoms with E-state index in [1.807, 2.05) is 0 Å². The average molecular weight is 462 g/mol. The van der Waals surface area contributed by atoms with Crippen molar-refractivity contribution in [3.05, 3.63) is 33.6 Å². The van der Waals surface area contributed by atoms with Crippen molar-refractivity contribution in [2.24, 2.45) is 23.7 Å². The van der Waals surface area contributed by atoms with Crippen molar-refractivity contribution in [1.29, 1.82) is 0 Å². The molecule has 2 aromatic rings. The van der Waals surface area contributed by atoms with Gasteiger partial charge in [-0.3, -0.25) is 14.2 Å². The molecule has 0 spiro atoms. The van der Waals surface area contributed by atoms with Crippen molar-refractivity contribution in [2.75, 3.05) is 5.75 Å². The predicted molar refractivity (Wildman–Crippen MR) is 128 cm³/mol. The van der Waals surface area contributed by atoms with Crippen LogP contribution in [0, 0.1) is 23.7 Å². The second kappa shape index (κ2) is 9.53. The van der Waals surface area contributed by atoms with E-state index < -0.39 is 0 Å². The molecule has 1 N–H and O–H groups in total. The molecule has 0 aliphatic heterocycles. The Balaban J connectivity index is 1.47. The fourth-order valence-corrected chi connectivity index (χ4v) is 6.31. The van der Waals surface area contributed by atoms with E-state index in [1.54, 1.807) is 22.8 Å². The van der Waals surface area contributed by atoms with Gasteiger partial charge in [0.15, 0.2) is 5.16 Å². The van der Waals surface area contributed by atoms with Crippen LogP contribution in [0.5, 0.6) is 0 Å². The first kappa shape index (κ1) is 22.7. The Labute approximate surface area is 193 Å². The summed E-state index contributed by atoms with van der Waals surface area (Å²) >= 11 is 7.46. The summed E-state index contributed by atoms with van der Waals surface area (Å²) in [6.45, 7) is 7.00. The van der Waals surface area contributed by atoms with Crippen molar-refractivity contribution in [3.8, 4) is 0 Å². The molecule has 1 heterocycles. The number of carbonyl (C=O) groups is 1. The fraction of sp³-hybridized carbons (Fsp3) is 0.625. The molecule has 7 heteroatoms. The molecule has 0 saturated heterocycles. The number of benzene rings is 1. The maximum absolute atomic E-state index is 13.1. The normalized spacial score (nSPS) is 23.6. The summed E-state index contributed by atoms with van der Waals surface area (Å²) in [5.74, 6) is 2.99. The third-order valence-corrected chi connectivity index (χ3v) is 8.18. The minimum atomic E-state index is -0.0689. The number of aromatic nitrogens is 2. The fourth-order valence-electron chi connectivity index (χ4n) is 5.31. The first-order chi connectivity index (χ1) is 14.8. The van der Waals surface area contributed by atoms with Crippen molar-refractivity contribution >= 4 is 40.2 Å². The Bertz CT molecular complexity index is 1020. The number of rotatable bonds is 8. The molecule has 0 unspecified atom stereocenters. The van der Waals surface area contributed by atoms with Gasteiger partial charge in [0.05, 0.1) is 16.7 Å². The van der Waals surface area contributed by atoms with E-state index in [2.05, 4.69) is 26.1 Å². The smallest absolute Gasteiger partial charge is 0.262 e. The average Bonchev–Trinajstić information content (AvgIpc) is 3.35. The number of carbonyl (C=O) groups excluding carboxylic acids is 1. The molecule has 1 amide bonds. The number of thioether (sulfide) groups is 1. The molecule has 5 nitrogen and oxygen atoms in total. The molecule has 4 rings (SSSR count). The van der Waals surface area contributed by atoms with Gasteiger partial charge in [0.2, 0.25) is 5.91 Å². The topological polar surface area (TPSA) is 64.0 Å². The molecule has 1 aromatic heterocycles. The van der Waals surface area contributed by atoms with Gasteiger partial charge in [-0.1, -0.05) is 43.6 Å². The van der Waals surface area contributed by atoms with Crippen molar-refractivity contribution < 1.29 is 4.79 Å². The number of nitrogens with zero attached hydrogens (tertiary/aromatic N) is 2. The number of halogens is 1. The van der Waals surface area contributed by atoms with E-state index in [9.17, 15) is 9.59 Å². The molecule has 2 saturated carbocycles. The molecule has 2 fully saturated rings. The van der Waals surface area contributed by atoms with Crippen LogP contribution >= 0.6 is 23.4 Å². The third kappa shape index (κ3) is 5.11. The molecule has 2 aliphatic carbocycles. The Morgan fingerprint density at radius 3 is 2.77 bits per heavy atom. The SMILES string of the molecule is CC(C)CCn1c(SCC(=O)N[C@@H](C)[C@@H]2C[C@@H]3CC[C@@H]2C3)nc2cc(Cl)ccc2c1=O. The van der Waals surface area contributed by atoms with Crippen LogP contribution in [0.4, 0.5) is 0 Å². The van der Waals surface area contributed by atoms with Crippen LogP contribution < -0.4 is 10.9 Å². The number of hydrogen-bond acceptors (Lipinski definition) is 4. The third-order valence-electron chi connectivity index (χ3n) is 6.97. The van der Waals surface area contributed by atoms with Crippen molar-refractivity contribution in [3.63, 3.8) is 0 Å². The minimum Gasteiger partial charge on any atom is -0.353 e. The van der Waals surface area contributed by atoms with E-state index in [0.29, 0.717) is 39.5 Å². The number of fused-ring (bicyclic) bond motifs is 3. The summed E-state index contributed by atoms with van der Waals surface area (Å²) in [4.78, 5) is 30.5. The van der Waals surface area contributed by atoms with Gasteiger partial charge < -0.3 is 5.32 Å². The van der Waals surface area contributed by atoms with Crippen LogP contribution in [0.25, 0.3) is 10.9 Å². The summed E-state index contributed by atoms with van der Waals surface area (Å²) in [5.41, 5.74) is 0.511. The van der Waals surface area contributed by atoms with Gasteiger partial charge in [-0.05, 0) is 74.5 Å². The number of amides is 1. The summed E-state index contributed by atoms with van der Waals surface area (Å²) in [6.07, 6.45) is 6.15. The minimum absolute atomic E-state index is 0.0103. The Morgan fingerprint density at radius 2 is 2.10 bits per heavy atom. The highest BCUT2D eigenvalue weighted by Gasteiger charge is 2.42. The highest BCUT2D eigenvalue weighted by atomic mass is 35.5. The highest BCUT2D eigenvalue weighted by molar-refractivity contribution is 7.99. The van der Waals surface area contributed by atoms with Crippen LogP contribution in [0.2, 0.25) is 5.02 Å². The van der Waals surface area contributed by atoms with E-state index in [-0.39, 0.29) is 23.3 Å². The molecule has 2 aliphatic rings. The summed E-state index contributed by atoms with van der Waals surface area (Å²) in [5, 5.41) is 4.91. The lowest BCUT2D eigenvalue weighted by atomic mass is 9.84. The van der Waals surface area contributed by atoms with E-state index in [4.69, 9.17) is 16.6 Å². The van der Waals surface area contributed by atoms with Gasteiger partial charge in [-0.25, -0.2) is 4.98 Å². The molecule has 2 bridgehead atoms. The van der Waals surface area contributed by atoms with Gasteiger partial charge in [-0.2, -0.15) is 0 Å². The van der Waals surface area contributed by atoms with Gasteiger partial charge in [-0.15, -0.1) is 0 Å². The molecule has 1 aromatic carbocycles. The molecular weight excluding hydrogens is 430 g/mol. The number of hydrogen-bond donors (Lipinski definition) is 1. The lowest BCUT2D eigenvalue weighted by Gasteiger charge is -2.28. The quantitative estimate of drug-likeness (QED) is 0.437. The maximum Gasteiger partial charge on any atom is 0.262 e. The molecule has 168 valence electrons. The summed E-state index contributed by atoms with van der Waals surface area (Å²) in [6, 6.07) is 5.37. The van der Waals surface area contributed by atoms with Gasteiger partial charge in [0.25, 0.3) is 5.56 Å². The van der Waals surface area contributed by atoms with Crippen LogP contribution in [-0.2, 0) is 11.3 Å². The van der Waals surface area contributed by atoms with E-state index >= 15 is 0 Å². The first-order valence-corrected chi connectivity index (χ1v) is 12.8. The Kier molecular flexibility index (Phi) is 6.97. The van der Waals surface area contributed by atoms with Crippen molar-refractivity contribution in [2.45, 2.75) is 70.6 Å². The first-order valence-electron chi connectivity index (χ1n) is 11.4. The zero-order valence-electron chi connectivity index (χ0n) is 18.6. The van der Waals surface area contributed by atoms with E-state index in [0.717, 1.165) is 18.3 Å². The summed E-state index contributed by atoms with van der Waals surface area (Å²) < 4.78 is 1.72. The zero-order valence-corrected chi connectivity index (χ0v) is 20.1. The lowest BCUT2D eigenvalue weighted by molar-refractivity contribution is -0.119. The Hall–Kier alpha value is -1.53. The maximum atomic E-state index is 13.1. The number of nitrogens with one attached hydrogen (secondary N) is 1. The van der Waals surface area contributed by atoms with Crippen LogP contribution in [0.3, 0.4) is 0 Å². The Morgan fingerprint density at radius 1 is 1.29 bits per heavy atom. The standard InChI is InChI=1S/C24H32ClN3O2S/c1-14(2)8-9-28-23(30)19-7-6-18(25)12-21(19)27-24(28)31-13-22(29)26-15(3)20-11-16-4-5-17(20)10-16/h6-7,12,14-17,20H,4-5,8-11,13H2,1-3H3,(H,26,29)/t15-,16+,17+,20-/m0/s1. The van der Waals surface area contributed by atoms with Crippen LogP contribution in [0.1, 0.15) is 52.9 Å². The molecule has 0 radical (unpaired) electrons. The predicted octanol–water partition coefficient (Wildman–Crippen LogP) is 5.13.